The van der Waals surface area contributed by atoms with Gasteiger partial charge in [0, 0.05) is 17.8 Å². The van der Waals surface area contributed by atoms with Crippen molar-refractivity contribution in [2.45, 2.75) is 71.1 Å². The number of hydrogen-bond donors (Lipinski definition) is 1. The van der Waals surface area contributed by atoms with Crippen molar-refractivity contribution in [1.82, 2.24) is 0 Å². The smallest absolute Gasteiger partial charge is 0.238 e. The summed E-state index contributed by atoms with van der Waals surface area (Å²) in [5.74, 6) is 0.653. The molecular formula is C26H34N2O2S. The van der Waals surface area contributed by atoms with E-state index in [1.807, 2.05) is 35.2 Å². The maximum absolute atomic E-state index is 12.7. The first-order valence-corrected chi connectivity index (χ1v) is 12.4. The van der Waals surface area contributed by atoms with Gasteiger partial charge in [-0.1, -0.05) is 68.9 Å². The van der Waals surface area contributed by atoms with Crippen molar-refractivity contribution in [3.63, 3.8) is 0 Å². The van der Waals surface area contributed by atoms with E-state index in [1.165, 1.54) is 31.2 Å². The van der Waals surface area contributed by atoms with E-state index in [9.17, 15) is 9.59 Å². The summed E-state index contributed by atoms with van der Waals surface area (Å²) in [5, 5.41) is 2.96. The van der Waals surface area contributed by atoms with Gasteiger partial charge in [-0.2, -0.15) is 0 Å². The maximum atomic E-state index is 12.7. The number of anilines is 2. The molecular weight excluding hydrogens is 404 g/mol. The van der Waals surface area contributed by atoms with Crippen LogP contribution in [-0.2, 0) is 9.59 Å². The Morgan fingerprint density at radius 1 is 1.06 bits per heavy atom. The molecule has 1 N–H and O–H groups in total. The second-order valence-electron chi connectivity index (χ2n) is 8.41. The third kappa shape index (κ3) is 6.36. The molecule has 2 aromatic rings. The summed E-state index contributed by atoms with van der Waals surface area (Å²) in [5.41, 5.74) is 5.08. The zero-order valence-electron chi connectivity index (χ0n) is 18.9. The quantitative estimate of drug-likeness (QED) is 0.416. The molecule has 1 heterocycles. The van der Waals surface area contributed by atoms with Crippen LogP contribution in [0, 0.1) is 13.8 Å². The zero-order valence-corrected chi connectivity index (χ0v) is 19.8. The highest BCUT2D eigenvalue weighted by Crippen LogP contribution is 2.43. The number of carbonyl (C=O) groups excluding carboxylic acids is 2. The highest BCUT2D eigenvalue weighted by atomic mass is 32.2. The first-order chi connectivity index (χ1) is 15.0. The Bertz CT molecular complexity index is 912. The van der Waals surface area contributed by atoms with Gasteiger partial charge in [0.1, 0.15) is 5.37 Å². The molecule has 1 fully saturated rings. The number of carbonyl (C=O) groups is 2. The molecule has 0 saturated carbocycles. The molecule has 3 rings (SSSR count). The van der Waals surface area contributed by atoms with Crippen molar-refractivity contribution in [1.29, 1.82) is 0 Å². The molecule has 0 aliphatic carbocycles. The van der Waals surface area contributed by atoms with Crippen molar-refractivity contribution in [2.75, 3.05) is 16.0 Å². The van der Waals surface area contributed by atoms with Gasteiger partial charge in [-0.25, -0.2) is 0 Å². The topological polar surface area (TPSA) is 49.4 Å². The Kier molecular flexibility index (Phi) is 8.59. The molecule has 0 spiro atoms. The van der Waals surface area contributed by atoms with Crippen molar-refractivity contribution in [3.05, 3.63) is 59.2 Å². The van der Waals surface area contributed by atoms with Crippen molar-refractivity contribution < 1.29 is 9.59 Å². The average Bonchev–Trinajstić information content (AvgIpc) is 3.12. The van der Waals surface area contributed by atoms with Crippen LogP contribution in [0.2, 0.25) is 0 Å². The van der Waals surface area contributed by atoms with Crippen LogP contribution >= 0.6 is 11.8 Å². The molecule has 1 aliphatic heterocycles. The number of rotatable bonds is 10. The van der Waals surface area contributed by atoms with Crippen LogP contribution in [0.5, 0.6) is 0 Å². The second kappa shape index (κ2) is 11.4. The molecule has 0 bridgehead atoms. The van der Waals surface area contributed by atoms with Gasteiger partial charge in [0.25, 0.3) is 0 Å². The van der Waals surface area contributed by atoms with E-state index in [4.69, 9.17) is 0 Å². The van der Waals surface area contributed by atoms with Gasteiger partial charge in [0.05, 0.1) is 5.75 Å². The van der Waals surface area contributed by atoms with Crippen LogP contribution in [0.4, 0.5) is 11.4 Å². The van der Waals surface area contributed by atoms with Gasteiger partial charge in [0.2, 0.25) is 11.8 Å². The monoisotopic (exact) mass is 438 g/mol. The summed E-state index contributed by atoms with van der Waals surface area (Å²) in [6, 6.07) is 14.1. The predicted octanol–water partition coefficient (Wildman–Crippen LogP) is 6.77. The Labute approximate surface area is 190 Å². The fourth-order valence-electron chi connectivity index (χ4n) is 4.07. The lowest BCUT2D eigenvalue weighted by Gasteiger charge is -2.26. The normalized spacial score (nSPS) is 16.0. The third-order valence-corrected chi connectivity index (χ3v) is 6.90. The SMILES string of the molecule is CCCCCCCCC(=O)Nc1cccc([C@H]2SCC(=O)N2c2ccc(C)cc2C)c1. The van der Waals surface area contributed by atoms with Gasteiger partial charge in [-0.05, 0) is 49.6 Å². The van der Waals surface area contributed by atoms with E-state index in [0.717, 1.165) is 35.3 Å². The lowest BCUT2D eigenvalue weighted by Crippen LogP contribution is -2.28. The van der Waals surface area contributed by atoms with E-state index in [-0.39, 0.29) is 17.2 Å². The molecule has 0 unspecified atom stereocenters. The Hall–Kier alpha value is -2.27. The number of amides is 2. The highest BCUT2D eigenvalue weighted by Gasteiger charge is 2.34. The summed E-state index contributed by atoms with van der Waals surface area (Å²) in [6.45, 7) is 6.32. The lowest BCUT2D eigenvalue weighted by atomic mass is 10.1. The van der Waals surface area contributed by atoms with Crippen LogP contribution in [0.25, 0.3) is 0 Å². The van der Waals surface area contributed by atoms with Crippen molar-refractivity contribution in [2.24, 2.45) is 0 Å². The molecule has 2 amide bonds. The molecule has 2 aromatic carbocycles. The van der Waals surface area contributed by atoms with Crippen molar-refractivity contribution in [3.8, 4) is 0 Å². The Balaban J connectivity index is 1.65. The fourth-order valence-corrected chi connectivity index (χ4v) is 5.22. The summed E-state index contributed by atoms with van der Waals surface area (Å²) < 4.78 is 0. The van der Waals surface area contributed by atoms with E-state index in [2.05, 4.69) is 38.2 Å². The Morgan fingerprint density at radius 3 is 2.61 bits per heavy atom. The first-order valence-electron chi connectivity index (χ1n) is 11.4. The predicted molar refractivity (Wildman–Crippen MR) is 132 cm³/mol. The first kappa shape index (κ1) is 23.4. The van der Waals surface area contributed by atoms with Crippen LogP contribution in [0.3, 0.4) is 0 Å². The minimum Gasteiger partial charge on any atom is -0.326 e. The van der Waals surface area contributed by atoms with Gasteiger partial charge >= 0.3 is 0 Å². The summed E-state index contributed by atoms with van der Waals surface area (Å²) in [7, 11) is 0. The number of hydrogen-bond acceptors (Lipinski definition) is 3. The molecule has 166 valence electrons. The minimum atomic E-state index is -0.0793. The van der Waals surface area contributed by atoms with Gasteiger partial charge < -0.3 is 5.32 Å². The van der Waals surface area contributed by atoms with Gasteiger partial charge in [-0.15, -0.1) is 11.8 Å². The lowest BCUT2D eigenvalue weighted by molar-refractivity contribution is -0.117. The average molecular weight is 439 g/mol. The summed E-state index contributed by atoms with van der Waals surface area (Å²) in [6.07, 6.45) is 7.58. The molecule has 5 heteroatoms. The van der Waals surface area contributed by atoms with Gasteiger partial charge in [0.15, 0.2) is 0 Å². The van der Waals surface area contributed by atoms with E-state index in [1.54, 1.807) is 11.8 Å². The zero-order chi connectivity index (χ0) is 22.2. The Morgan fingerprint density at radius 2 is 1.84 bits per heavy atom. The van der Waals surface area contributed by atoms with Gasteiger partial charge in [-0.3, -0.25) is 14.5 Å². The molecule has 0 aromatic heterocycles. The van der Waals surface area contributed by atoms with E-state index >= 15 is 0 Å². The van der Waals surface area contributed by atoms with Crippen LogP contribution in [-0.4, -0.2) is 17.6 Å². The maximum Gasteiger partial charge on any atom is 0.238 e. The van der Waals surface area contributed by atoms with Crippen LogP contribution in [0.1, 0.15) is 73.9 Å². The molecule has 1 atom stereocenters. The highest BCUT2D eigenvalue weighted by molar-refractivity contribution is 8.00. The van der Waals surface area contributed by atoms with Crippen molar-refractivity contribution >= 4 is 35.0 Å². The standard InChI is InChI=1S/C26H34N2O2S/c1-4-5-6-7-8-9-13-24(29)27-22-12-10-11-21(17-22)26-28(25(30)18-31-26)23-15-14-19(2)16-20(23)3/h10-12,14-17,26H,4-9,13,18H2,1-3H3,(H,27,29)/t26-/m1/s1. The number of thioether (sulfide) groups is 1. The fraction of sp³-hybridized carbons (Fsp3) is 0.462. The molecule has 1 aliphatic rings. The number of aryl methyl sites for hydroxylation is 2. The molecule has 0 radical (unpaired) electrons. The summed E-state index contributed by atoms with van der Waals surface area (Å²) in [4.78, 5) is 27.0. The minimum absolute atomic E-state index is 0.0639. The summed E-state index contributed by atoms with van der Waals surface area (Å²) >= 11 is 1.63. The third-order valence-electron chi connectivity index (χ3n) is 5.69. The number of nitrogens with zero attached hydrogens (tertiary/aromatic N) is 1. The molecule has 31 heavy (non-hydrogen) atoms. The van der Waals surface area contributed by atoms with E-state index in [0.29, 0.717) is 12.2 Å². The van der Waals surface area contributed by atoms with Crippen LogP contribution in [0.15, 0.2) is 42.5 Å². The number of unbranched alkanes of at least 4 members (excludes halogenated alkanes) is 5. The van der Waals surface area contributed by atoms with Crippen LogP contribution < -0.4 is 10.2 Å². The molecule has 1 saturated heterocycles. The second-order valence-corrected chi connectivity index (χ2v) is 9.48. The number of benzene rings is 2. The number of nitrogens with one attached hydrogen (secondary N) is 1. The molecule has 4 nitrogen and oxygen atoms in total. The largest absolute Gasteiger partial charge is 0.326 e. The van der Waals surface area contributed by atoms with E-state index < -0.39 is 0 Å².